The van der Waals surface area contributed by atoms with E-state index < -0.39 is 183 Å². The van der Waals surface area contributed by atoms with Crippen molar-refractivity contribution in [1.29, 1.82) is 0 Å². The molecule has 8 aromatic rings. The molecule has 0 aromatic carbocycles. The largest absolute Gasteiger partial charge is 0.472 e. The van der Waals surface area contributed by atoms with Crippen molar-refractivity contribution in [3.63, 3.8) is 0 Å². The summed E-state index contributed by atoms with van der Waals surface area (Å²) in [6.45, 7) is -4.38. The molecular weight excluding hydrogens is 1610 g/mol. The molecule has 22 atom stereocenters. The van der Waals surface area contributed by atoms with Crippen molar-refractivity contribution in [2.75, 3.05) is 62.6 Å². The monoisotopic (exact) mass is 1680 g/mol. The van der Waals surface area contributed by atoms with Crippen molar-refractivity contribution in [3.05, 3.63) is 58.7 Å². The van der Waals surface area contributed by atoms with Crippen molar-refractivity contribution in [1.82, 2.24) is 78.1 Å². The Bertz CT molecular complexity index is 5270. The maximum Gasteiger partial charge on any atom is 0.472 e. The Hall–Kier alpha value is -7.46. The van der Waals surface area contributed by atoms with Crippen LogP contribution < -0.4 is 34.1 Å². The molecule has 8 aromatic heterocycles. The summed E-state index contributed by atoms with van der Waals surface area (Å²) >= 11 is 0. The minimum atomic E-state index is -5.35. The van der Waals surface area contributed by atoms with Crippen LogP contribution in [0.1, 0.15) is 70.9 Å². The topological polar surface area (TPSA) is 730 Å². The second-order valence-electron chi connectivity index (χ2n) is 24.4. The molecule has 604 valence electrons. The summed E-state index contributed by atoms with van der Waals surface area (Å²) in [5.74, 6) is 4.15. The van der Waals surface area contributed by atoms with Crippen LogP contribution in [-0.4, -0.2) is 231 Å². The number of imidazole rings is 4. The minimum absolute atomic E-state index is 0. The second kappa shape index (κ2) is 33.2. The molecule has 6 aliphatic heterocycles. The first-order valence-corrected chi connectivity index (χ1v) is 41.2. The van der Waals surface area contributed by atoms with Gasteiger partial charge in [0.25, 0.3) is 11.1 Å². The first kappa shape index (κ1) is 83.0. The molecule has 0 aliphatic carbocycles. The van der Waals surface area contributed by atoms with Gasteiger partial charge < -0.3 is 81.5 Å². The number of H-pyrrole nitrogens is 2. The Morgan fingerprint density at radius 1 is 0.486 bits per heavy atom. The highest BCUT2D eigenvalue weighted by Gasteiger charge is 2.59. The van der Waals surface area contributed by atoms with Crippen LogP contribution in [0.25, 0.3) is 44.7 Å². The number of nitrogens with two attached hydrogens (primary N) is 4. The molecule has 0 bridgehead atoms. The number of hydrogen-bond acceptors (Lipinski definition) is 40. The lowest BCUT2D eigenvalue weighted by Gasteiger charge is -2.29. The summed E-state index contributed by atoms with van der Waals surface area (Å²) in [6, 6.07) is 0. The van der Waals surface area contributed by atoms with Crippen LogP contribution in [-0.2, 0) is 101 Å². The van der Waals surface area contributed by atoms with E-state index in [0.717, 1.165) is 34.4 Å². The standard InChI is InChI=1S/C26H33N10O17P3.C26H33N10O15P3.CH4/c1-2-3-4-5-6-46-54(40,41)53-18-17-12(50-24(18)36-10-30-14-20(36)32-26(28)34-22(14)39)8-48-55(42,43)51-16-11(7-47-56(44,45)52-17)49-23(15(16)37)35-9-29-13-19(35)31-25(27)33-21(13)38;1-2-3-4-5-6-44-52(38,39)51-20-19-14(48-26(20)36-12-34-16-22(28)30-10-32-24(16)36)8-46-53(40,41)49-18-13(7-45-54(42,43)50-19)47-25(17(18)37)35-11-33-15-21(27)29-9-31-23(15)35;/h1,9-12,15-18,23-24,37H,3-8H2,(H,40,41)(H,42,43)(H,44,45)(H3,27,31,33,38)(H3,28,32,34,39);1,9-14,17-20,25-26,37H,3-8H2,(H,38,39)(H,40,41)(H,42,43)(H2,27,29,31)(H2,28,30,32);1H4/t11-,12-,15?,16+,17?,18+,23-,24-;13-,14-,17?,18+,19?,20+,25-,26-;/m11./s1. The molecule has 18 N–H and O–H groups in total. The van der Waals surface area contributed by atoms with Crippen LogP contribution in [0.5, 0.6) is 0 Å². The molecule has 0 amide bonds. The Morgan fingerprint density at radius 2 is 0.802 bits per heavy atom. The van der Waals surface area contributed by atoms with E-state index >= 15 is 0 Å². The number of aromatic amines is 2. The lowest BCUT2D eigenvalue weighted by molar-refractivity contribution is -0.0665. The Balaban J connectivity index is 0.000000205. The van der Waals surface area contributed by atoms with Crippen LogP contribution in [0.3, 0.4) is 0 Å². The van der Waals surface area contributed by atoms with Gasteiger partial charge in [-0.3, -0.25) is 92.1 Å². The first-order chi connectivity index (χ1) is 52.1. The molecule has 58 heteroatoms. The maximum atomic E-state index is 13.6. The van der Waals surface area contributed by atoms with Crippen molar-refractivity contribution >= 4 is 115 Å². The molecule has 0 radical (unpaired) electrons. The fraction of sp³-hybridized carbons (Fsp3) is 0.547. The average Bonchev–Trinajstić information content (AvgIpc) is 1.61. The molecule has 6 saturated heterocycles. The van der Waals surface area contributed by atoms with E-state index in [1.165, 1.54) is 21.8 Å². The van der Waals surface area contributed by atoms with Gasteiger partial charge in [0.05, 0.1) is 65.0 Å². The van der Waals surface area contributed by atoms with Crippen molar-refractivity contribution in [2.24, 2.45) is 0 Å². The number of aliphatic hydroxyl groups is 2. The molecule has 0 saturated carbocycles. The number of terminal acetylenes is 2. The first-order valence-electron chi connectivity index (χ1n) is 32.2. The normalized spacial score (nSPS) is 33.7. The number of anilines is 4. The van der Waals surface area contributed by atoms with Crippen LogP contribution in [0, 0.1) is 24.7 Å². The van der Waals surface area contributed by atoms with E-state index in [9.17, 15) is 76.6 Å². The summed E-state index contributed by atoms with van der Waals surface area (Å²) in [7, 11) is -31.2. The van der Waals surface area contributed by atoms with Gasteiger partial charge in [0, 0.05) is 12.8 Å². The highest BCUT2D eigenvalue weighted by atomic mass is 31.2. The number of nitrogens with zero attached hydrogens (tertiary/aromatic N) is 14. The smallest absolute Gasteiger partial charge is 0.386 e. The molecule has 10 unspecified atom stereocenters. The third kappa shape index (κ3) is 18.2. The van der Waals surface area contributed by atoms with Crippen molar-refractivity contribution < 1.29 is 140 Å². The molecule has 111 heavy (non-hydrogen) atoms. The zero-order valence-corrected chi connectivity index (χ0v) is 61.3. The number of aliphatic hydroxyl groups excluding tert-OH is 2. The molecule has 6 fully saturated rings. The van der Waals surface area contributed by atoms with Gasteiger partial charge in [-0.05, 0) is 25.7 Å². The Morgan fingerprint density at radius 3 is 1.17 bits per heavy atom. The van der Waals surface area contributed by atoms with Crippen molar-refractivity contribution in [3.8, 4) is 24.7 Å². The van der Waals surface area contributed by atoms with E-state index in [1.54, 1.807) is 0 Å². The van der Waals surface area contributed by atoms with Gasteiger partial charge in [0.2, 0.25) is 11.9 Å². The Kier molecular flexibility index (Phi) is 24.8. The highest BCUT2D eigenvalue weighted by molar-refractivity contribution is 7.48. The fourth-order valence-electron chi connectivity index (χ4n) is 12.2. The highest BCUT2D eigenvalue weighted by Crippen LogP contribution is 2.59. The molecule has 14 rings (SSSR count). The average molecular weight is 1690 g/mol. The van der Waals surface area contributed by atoms with E-state index in [-0.39, 0.29) is 102 Å². The molecule has 6 aliphatic rings. The van der Waals surface area contributed by atoms with Gasteiger partial charge in [-0.2, -0.15) is 9.97 Å². The fourth-order valence-corrected chi connectivity index (χ4v) is 18.0. The molecule has 52 nitrogen and oxygen atoms in total. The minimum Gasteiger partial charge on any atom is -0.386 e. The maximum absolute atomic E-state index is 13.6. The number of rotatable bonds is 18. The van der Waals surface area contributed by atoms with Gasteiger partial charge in [-0.1, -0.05) is 7.43 Å². The zero-order chi connectivity index (χ0) is 78.6. The third-order valence-corrected chi connectivity index (χ3v) is 23.0. The van der Waals surface area contributed by atoms with Gasteiger partial charge >= 0.3 is 46.9 Å². The lowest BCUT2D eigenvalue weighted by atomic mass is 10.1. The SMILES string of the molecule is C.C#CCCCCOP(=O)(O)O[C@H]1C2OP(=O)(O)OC[C@H]3O[C@@H](n4cnc5c(=O)[nH]c(N)nc54)C(O)[C@H]3OP(=O)(O)OC[C@H]2O[C@H]1n1cnc2c(=O)[nH]c(N)nc21.C#CCCCCOP(=O)(O)O[C@H]1C2OP(=O)(O)OC[C@H]3O[C@@H](n4cnc5c(N)ncnc54)C(O)[C@H]3OP(=O)(O)OC[C@H]2O[C@H]1n1cnc2c(N)ncnc21. The summed E-state index contributed by atoms with van der Waals surface area (Å²) in [4.78, 5) is 135. The Labute approximate surface area is 621 Å². The van der Waals surface area contributed by atoms with E-state index in [1.807, 2.05) is 0 Å². The molecule has 0 spiro atoms. The summed E-state index contributed by atoms with van der Waals surface area (Å²) < 4.78 is 173. The lowest BCUT2D eigenvalue weighted by Crippen LogP contribution is -2.39. The van der Waals surface area contributed by atoms with Crippen LogP contribution >= 0.6 is 46.9 Å². The number of aromatic nitrogens is 16. The molecule has 14 heterocycles. The van der Waals surface area contributed by atoms with Gasteiger partial charge in [-0.25, -0.2) is 67.3 Å². The number of phosphoric acid groups is 6. The van der Waals surface area contributed by atoms with Crippen LogP contribution in [0.2, 0.25) is 0 Å². The van der Waals surface area contributed by atoms with E-state index in [4.69, 9.17) is 109 Å². The van der Waals surface area contributed by atoms with Gasteiger partial charge in [0.1, 0.15) is 96.9 Å². The number of unbranched alkanes of at least 4 members (excludes halogenated alkanes) is 4. The molecular formula is C53H70N20O32P6. The van der Waals surface area contributed by atoms with E-state index in [2.05, 4.69) is 71.6 Å². The predicted molar refractivity (Wildman–Crippen MR) is 368 cm³/mol. The number of ether oxygens (including phenoxy) is 4. The van der Waals surface area contributed by atoms with Gasteiger partial charge in [0.15, 0.2) is 70.2 Å². The summed E-state index contributed by atoms with van der Waals surface area (Å²) in [5.41, 5.74) is 21.2. The van der Waals surface area contributed by atoms with E-state index in [0.29, 0.717) is 25.7 Å². The van der Waals surface area contributed by atoms with Gasteiger partial charge in [-0.15, -0.1) is 24.7 Å². The number of fused-ring (bicyclic) bond motifs is 8. The van der Waals surface area contributed by atoms with Crippen LogP contribution in [0.15, 0.2) is 47.6 Å². The zero-order valence-electron chi connectivity index (χ0n) is 56.0. The summed E-state index contributed by atoms with van der Waals surface area (Å²) in [5, 5.41) is 22.6. The number of nitrogens with one attached hydrogen (secondary N) is 2. The second-order valence-corrected chi connectivity index (χ2v) is 32.8. The number of hydrogen-bond donors (Lipinski definition) is 14. The number of phosphoric ester groups is 6. The number of nitrogen functional groups attached to an aromatic ring is 4. The summed E-state index contributed by atoms with van der Waals surface area (Å²) in [6.07, 6.45) is -8.14. The van der Waals surface area contributed by atoms with Crippen LogP contribution in [0.4, 0.5) is 23.5 Å². The predicted octanol–water partition coefficient (Wildman–Crippen LogP) is -0.157. The van der Waals surface area contributed by atoms with Crippen molar-refractivity contribution in [2.45, 2.75) is 144 Å². The quantitative estimate of drug-likeness (QED) is 0.0302. The third-order valence-electron chi connectivity index (χ3n) is 17.0.